The Morgan fingerprint density at radius 3 is 2.44 bits per heavy atom. The van der Waals surface area contributed by atoms with Gasteiger partial charge in [0.25, 0.3) is 0 Å². The lowest BCUT2D eigenvalue weighted by Gasteiger charge is -2.14. The van der Waals surface area contributed by atoms with Crippen LogP contribution in [-0.4, -0.2) is 0 Å². The third-order valence-corrected chi connectivity index (χ3v) is 4.38. The van der Waals surface area contributed by atoms with E-state index in [2.05, 4.69) is 26.8 Å². The first kappa shape index (κ1) is 17.8. The molecule has 2 N–H and O–H groups in total. The second-order valence-electron chi connectivity index (χ2n) is 5.51. The minimum absolute atomic E-state index is 0.508. The van der Waals surface area contributed by atoms with Gasteiger partial charge in [-0.15, -0.1) is 0 Å². The Bertz CT molecular complexity index is 810. The maximum absolute atomic E-state index is 6.14. The molecule has 128 valence electrons. The Labute approximate surface area is 161 Å². The fourth-order valence-electron chi connectivity index (χ4n) is 2.33. The van der Waals surface area contributed by atoms with Crippen molar-refractivity contribution in [3.8, 4) is 5.75 Å². The molecule has 0 bridgehead atoms. The predicted molar refractivity (Wildman–Crippen MR) is 107 cm³/mol. The zero-order valence-electron chi connectivity index (χ0n) is 13.5. The van der Waals surface area contributed by atoms with Crippen molar-refractivity contribution >= 4 is 33.2 Å². The van der Waals surface area contributed by atoms with Gasteiger partial charge in [-0.05, 0) is 48.0 Å². The van der Waals surface area contributed by atoms with Crippen molar-refractivity contribution < 1.29 is 4.74 Å². The number of benzene rings is 3. The molecule has 25 heavy (non-hydrogen) atoms. The summed E-state index contributed by atoms with van der Waals surface area (Å²) < 4.78 is 7.03. The van der Waals surface area contributed by atoms with Crippen molar-refractivity contribution in [1.82, 2.24) is 5.43 Å². The predicted octanol–water partition coefficient (Wildman–Crippen LogP) is 5.80. The zero-order valence-corrected chi connectivity index (χ0v) is 15.8. The van der Waals surface area contributed by atoms with E-state index in [4.69, 9.17) is 16.3 Å². The number of anilines is 1. The van der Waals surface area contributed by atoms with Gasteiger partial charge in [0.1, 0.15) is 12.4 Å². The Hall–Kier alpha value is -2.01. The molecule has 5 heteroatoms. The number of hydrazine groups is 1. The number of ether oxygens (including phenoxy) is 1. The van der Waals surface area contributed by atoms with Crippen molar-refractivity contribution in [3.63, 3.8) is 0 Å². The molecule has 0 unspecified atom stereocenters. The number of halogens is 2. The second kappa shape index (κ2) is 8.90. The molecule has 0 radical (unpaired) electrons. The summed E-state index contributed by atoms with van der Waals surface area (Å²) in [6.45, 7) is 1.10. The molecule has 0 aromatic heterocycles. The molecule has 0 aliphatic rings. The number of hydrogen-bond donors (Lipinski definition) is 2. The van der Waals surface area contributed by atoms with E-state index >= 15 is 0 Å². The van der Waals surface area contributed by atoms with Crippen LogP contribution in [-0.2, 0) is 13.2 Å². The fourth-order valence-corrected chi connectivity index (χ4v) is 2.79. The van der Waals surface area contributed by atoms with Crippen LogP contribution in [0.15, 0.2) is 77.3 Å². The average molecular weight is 418 g/mol. The zero-order chi connectivity index (χ0) is 17.5. The van der Waals surface area contributed by atoms with Gasteiger partial charge in [-0.3, -0.25) is 0 Å². The van der Waals surface area contributed by atoms with Gasteiger partial charge >= 0.3 is 0 Å². The van der Waals surface area contributed by atoms with Gasteiger partial charge in [-0.2, -0.15) is 0 Å². The van der Waals surface area contributed by atoms with Gasteiger partial charge in [-0.25, -0.2) is 5.43 Å². The van der Waals surface area contributed by atoms with Crippen LogP contribution in [0.4, 0.5) is 5.69 Å². The molecule has 0 aliphatic heterocycles. The van der Waals surface area contributed by atoms with E-state index in [1.807, 2.05) is 72.8 Å². The number of nitrogens with one attached hydrogen (secondary N) is 2. The van der Waals surface area contributed by atoms with Gasteiger partial charge in [0.2, 0.25) is 0 Å². The minimum Gasteiger partial charge on any atom is -0.489 e. The van der Waals surface area contributed by atoms with E-state index < -0.39 is 0 Å². The number of rotatable bonds is 7. The summed E-state index contributed by atoms with van der Waals surface area (Å²) in [5, 5.41) is 0.688. The molecule has 0 spiro atoms. The molecule has 3 aromatic rings. The van der Waals surface area contributed by atoms with Crippen LogP contribution in [0.1, 0.15) is 11.1 Å². The van der Waals surface area contributed by atoms with Crippen molar-refractivity contribution in [2.75, 3.05) is 5.43 Å². The van der Waals surface area contributed by atoms with Crippen molar-refractivity contribution in [2.45, 2.75) is 13.2 Å². The summed E-state index contributed by atoms with van der Waals surface area (Å²) in [6, 6.07) is 23.7. The van der Waals surface area contributed by atoms with E-state index in [0.717, 1.165) is 27.0 Å². The summed E-state index contributed by atoms with van der Waals surface area (Å²) in [5.74, 6) is 0.815. The smallest absolute Gasteiger partial charge is 0.124 e. The summed E-state index contributed by atoms with van der Waals surface area (Å²) in [7, 11) is 0. The maximum atomic E-state index is 6.14. The topological polar surface area (TPSA) is 33.3 Å². The Balaban J connectivity index is 1.62. The summed E-state index contributed by atoms with van der Waals surface area (Å²) in [4.78, 5) is 0. The van der Waals surface area contributed by atoms with Crippen molar-refractivity contribution in [3.05, 3.63) is 93.4 Å². The fraction of sp³-hybridized carbons (Fsp3) is 0.100. The SMILES string of the molecule is Clc1ccc(OCc2ccc(Br)cc2)c(CNNc2ccccc2)c1. The summed E-state index contributed by atoms with van der Waals surface area (Å²) in [5.41, 5.74) is 9.47. The molecule has 0 saturated carbocycles. The molecule has 3 rings (SSSR count). The third-order valence-electron chi connectivity index (χ3n) is 3.62. The molecule has 0 saturated heterocycles. The first-order chi connectivity index (χ1) is 12.2. The number of hydrogen-bond acceptors (Lipinski definition) is 3. The van der Waals surface area contributed by atoms with E-state index in [9.17, 15) is 0 Å². The standard InChI is InChI=1S/C20H18BrClN2O/c21-17-8-6-15(7-9-17)14-25-20-11-10-18(22)12-16(20)13-23-24-19-4-2-1-3-5-19/h1-12,23-24H,13-14H2. The van der Waals surface area contributed by atoms with Crippen LogP contribution in [0.3, 0.4) is 0 Å². The Morgan fingerprint density at radius 2 is 1.68 bits per heavy atom. The lowest BCUT2D eigenvalue weighted by atomic mass is 10.2. The van der Waals surface area contributed by atoms with Crippen LogP contribution in [0.25, 0.3) is 0 Å². The Kier molecular flexibility index (Phi) is 6.34. The molecular formula is C20H18BrClN2O. The highest BCUT2D eigenvalue weighted by Gasteiger charge is 2.06. The second-order valence-corrected chi connectivity index (χ2v) is 6.86. The van der Waals surface area contributed by atoms with Crippen LogP contribution < -0.4 is 15.6 Å². The minimum atomic E-state index is 0.508. The highest BCUT2D eigenvalue weighted by atomic mass is 79.9. The highest BCUT2D eigenvalue weighted by molar-refractivity contribution is 9.10. The lowest BCUT2D eigenvalue weighted by molar-refractivity contribution is 0.302. The molecule has 0 heterocycles. The van der Waals surface area contributed by atoms with Crippen LogP contribution in [0.5, 0.6) is 5.75 Å². The summed E-state index contributed by atoms with van der Waals surface area (Å²) in [6.07, 6.45) is 0. The molecule has 0 atom stereocenters. The van der Waals surface area contributed by atoms with E-state index in [-0.39, 0.29) is 0 Å². The van der Waals surface area contributed by atoms with Gasteiger partial charge in [0, 0.05) is 27.3 Å². The monoisotopic (exact) mass is 416 g/mol. The lowest BCUT2D eigenvalue weighted by Crippen LogP contribution is -2.21. The largest absolute Gasteiger partial charge is 0.489 e. The highest BCUT2D eigenvalue weighted by Crippen LogP contribution is 2.24. The average Bonchev–Trinajstić information content (AvgIpc) is 2.63. The van der Waals surface area contributed by atoms with E-state index in [0.29, 0.717) is 18.2 Å². The molecular weight excluding hydrogens is 400 g/mol. The quantitative estimate of drug-likeness (QED) is 0.477. The number of para-hydroxylation sites is 1. The first-order valence-corrected chi connectivity index (χ1v) is 9.07. The Morgan fingerprint density at radius 1 is 0.920 bits per heavy atom. The van der Waals surface area contributed by atoms with E-state index in [1.165, 1.54) is 0 Å². The van der Waals surface area contributed by atoms with Gasteiger partial charge in [-0.1, -0.05) is 57.9 Å². The third kappa shape index (κ3) is 5.49. The molecule has 0 aliphatic carbocycles. The molecule has 3 nitrogen and oxygen atoms in total. The molecule has 3 aromatic carbocycles. The normalized spacial score (nSPS) is 10.5. The van der Waals surface area contributed by atoms with Crippen LogP contribution >= 0.6 is 27.5 Å². The first-order valence-electron chi connectivity index (χ1n) is 7.90. The van der Waals surface area contributed by atoms with Crippen LogP contribution in [0.2, 0.25) is 5.02 Å². The molecule has 0 amide bonds. The van der Waals surface area contributed by atoms with Gasteiger partial charge in [0.15, 0.2) is 0 Å². The van der Waals surface area contributed by atoms with Crippen molar-refractivity contribution in [2.24, 2.45) is 0 Å². The van der Waals surface area contributed by atoms with Gasteiger partial charge in [0.05, 0.1) is 0 Å². The molecule has 0 fully saturated rings. The van der Waals surface area contributed by atoms with Crippen LogP contribution in [0, 0.1) is 0 Å². The van der Waals surface area contributed by atoms with E-state index in [1.54, 1.807) is 0 Å². The summed E-state index contributed by atoms with van der Waals surface area (Å²) >= 11 is 9.58. The van der Waals surface area contributed by atoms with Gasteiger partial charge < -0.3 is 10.2 Å². The van der Waals surface area contributed by atoms with Crippen molar-refractivity contribution in [1.29, 1.82) is 0 Å². The maximum Gasteiger partial charge on any atom is 0.124 e.